The van der Waals surface area contributed by atoms with E-state index < -0.39 is 17.8 Å². The minimum absolute atomic E-state index is 0.150. The summed E-state index contributed by atoms with van der Waals surface area (Å²) in [7, 11) is 1.32. The molecule has 1 aliphatic rings. The average molecular weight is 327 g/mol. The molecule has 0 heterocycles. The molecule has 1 amide bonds. The third-order valence-electron chi connectivity index (χ3n) is 5.11. The molecule has 0 bridgehead atoms. The van der Waals surface area contributed by atoms with E-state index in [1.54, 1.807) is 0 Å². The molecule has 0 aromatic heterocycles. The van der Waals surface area contributed by atoms with E-state index >= 15 is 0 Å². The molecule has 1 saturated carbocycles. The number of methoxy groups -OCH3 is 1. The van der Waals surface area contributed by atoms with Gasteiger partial charge in [0.2, 0.25) is 5.91 Å². The summed E-state index contributed by atoms with van der Waals surface area (Å²) >= 11 is 0. The molecule has 23 heavy (non-hydrogen) atoms. The number of ether oxygens (including phenoxy) is 1. The van der Waals surface area contributed by atoms with Gasteiger partial charge in [-0.2, -0.15) is 0 Å². The smallest absolute Gasteiger partial charge is 0.309 e. The summed E-state index contributed by atoms with van der Waals surface area (Å²) in [6.45, 7) is 5.66. The Bertz CT molecular complexity index is 433. The largest absolute Gasteiger partial charge is 0.481 e. The monoisotopic (exact) mass is 327 g/mol. The molecule has 6 heteroatoms. The highest BCUT2D eigenvalue weighted by molar-refractivity contribution is 5.77. The van der Waals surface area contributed by atoms with Crippen molar-refractivity contribution in [3.8, 4) is 0 Å². The molecular formula is C17H29NO5. The second-order valence-electron chi connectivity index (χ2n) is 6.53. The lowest BCUT2D eigenvalue weighted by molar-refractivity contribution is -0.147. The van der Waals surface area contributed by atoms with E-state index in [1.807, 2.05) is 0 Å². The van der Waals surface area contributed by atoms with Crippen LogP contribution in [0.5, 0.6) is 0 Å². The van der Waals surface area contributed by atoms with Crippen LogP contribution in [0.4, 0.5) is 0 Å². The number of amides is 1. The molecule has 0 unspecified atom stereocenters. The minimum Gasteiger partial charge on any atom is -0.481 e. The van der Waals surface area contributed by atoms with Crippen LogP contribution in [-0.4, -0.2) is 36.1 Å². The Morgan fingerprint density at radius 3 is 2.26 bits per heavy atom. The van der Waals surface area contributed by atoms with Gasteiger partial charge in [-0.1, -0.05) is 26.7 Å². The number of esters is 1. The fraction of sp³-hybridized carbons (Fsp3) is 0.824. The van der Waals surface area contributed by atoms with Gasteiger partial charge in [0.15, 0.2) is 0 Å². The topological polar surface area (TPSA) is 92.7 Å². The number of aliphatic carboxylic acids is 1. The lowest BCUT2D eigenvalue weighted by Crippen LogP contribution is -2.43. The predicted molar refractivity (Wildman–Crippen MR) is 85.6 cm³/mol. The lowest BCUT2D eigenvalue weighted by atomic mass is 9.82. The molecule has 1 fully saturated rings. The zero-order valence-electron chi connectivity index (χ0n) is 14.5. The first-order chi connectivity index (χ1) is 10.8. The maximum Gasteiger partial charge on any atom is 0.309 e. The van der Waals surface area contributed by atoms with Crippen LogP contribution in [0.3, 0.4) is 0 Å². The Labute approximate surface area is 138 Å². The molecule has 0 aromatic carbocycles. The van der Waals surface area contributed by atoms with Gasteiger partial charge < -0.3 is 15.2 Å². The number of rotatable bonds is 8. The van der Waals surface area contributed by atoms with Gasteiger partial charge in [-0.3, -0.25) is 14.4 Å². The Kier molecular flexibility index (Phi) is 7.52. The maximum atomic E-state index is 12.1. The first-order valence-corrected chi connectivity index (χ1v) is 8.41. The number of carbonyl (C=O) groups is 3. The van der Waals surface area contributed by atoms with Crippen molar-refractivity contribution in [2.75, 3.05) is 7.11 Å². The SMILES string of the molecule is CCC(CC)C[C@H](NC(C)=O)[C@@H]1C[C@@H](C(=O)O)C[C@H]1C(=O)OC. The number of hydrogen-bond donors (Lipinski definition) is 2. The maximum absolute atomic E-state index is 12.1. The molecule has 0 saturated heterocycles. The van der Waals surface area contributed by atoms with Crippen molar-refractivity contribution < 1.29 is 24.2 Å². The molecule has 1 aliphatic carbocycles. The zero-order valence-corrected chi connectivity index (χ0v) is 14.5. The van der Waals surface area contributed by atoms with Crippen molar-refractivity contribution in [1.29, 1.82) is 0 Å². The van der Waals surface area contributed by atoms with Gasteiger partial charge >= 0.3 is 11.9 Å². The fourth-order valence-corrected chi connectivity index (χ4v) is 3.72. The Morgan fingerprint density at radius 1 is 1.22 bits per heavy atom. The Hall–Kier alpha value is -1.59. The van der Waals surface area contributed by atoms with Crippen molar-refractivity contribution >= 4 is 17.8 Å². The highest BCUT2D eigenvalue weighted by Gasteiger charge is 2.46. The summed E-state index contributed by atoms with van der Waals surface area (Å²) in [4.78, 5) is 35.0. The van der Waals surface area contributed by atoms with E-state index in [4.69, 9.17) is 4.74 Å². The third-order valence-corrected chi connectivity index (χ3v) is 5.11. The van der Waals surface area contributed by atoms with E-state index in [0.29, 0.717) is 12.3 Å². The van der Waals surface area contributed by atoms with Gasteiger partial charge in [-0.05, 0) is 31.1 Å². The third kappa shape index (κ3) is 5.22. The number of carbonyl (C=O) groups excluding carboxylic acids is 2. The van der Waals surface area contributed by atoms with Crippen molar-refractivity contribution in [2.24, 2.45) is 23.7 Å². The van der Waals surface area contributed by atoms with Gasteiger partial charge in [0.1, 0.15) is 0 Å². The molecule has 1 rings (SSSR count). The summed E-state index contributed by atoms with van der Waals surface area (Å²) in [5, 5.41) is 12.3. The summed E-state index contributed by atoms with van der Waals surface area (Å²) < 4.78 is 4.86. The van der Waals surface area contributed by atoms with E-state index in [0.717, 1.165) is 19.3 Å². The molecule has 132 valence electrons. The summed E-state index contributed by atoms with van der Waals surface area (Å²) in [5.41, 5.74) is 0. The van der Waals surface area contributed by atoms with Crippen LogP contribution in [0.1, 0.15) is 52.9 Å². The normalized spacial score (nSPS) is 25.2. The number of hydrogen-bond acceptors (Lipinski definition) is 4. The van der Waals surface area contributed by atoms with E-state index in [1.165, 1.54) is 14.0 Å². The average Bonchev–Trinajstić information content (AvgIpc) is 2.95. The second-order valence-corrected chi connectivity index (χ2v) is 6.53. The number of carboxylic acids is 1. The Balaban J connectivity index is 3.00. The quantitative estimate of drug-likeness (QED) is 0.667. The molecule has 0 aliphatic heterocycles. The minimum atomic E-state index is -0.884. The standard InChI is InChI=1S/C17H29NO5/c1-5-11(6-2)7-15(18-10(3)19)13-8-12(16(20)21)9-14(13)17(22)23-4/h11-15H,5-9H2,1-4H3,(H,18,19)(H,20,21)/t12-,13-,14-,15+/m1/s1. The highest BCUT2D eigenvalue weighted by Crippen LogP contribution is 2.41. The molecule has 6 nitrogen and oxygen atoms in total. The van der Waals surface area contributed by atoms with Crippen LogP contribution < -0.4 is 5.32 Å². The van der Waals surface area contributed by atoms with Gasteiger partial charge in [0.05, 0.1) is 18.9 Å². The first-order valence-electron chi connectivity index (χ1n) is 8.41. The van der Waals surface area contributed by atoms with Crippen LogP contribution in [0, 0.1) is 23.7 Å². The van der Waals surface area contributed by atoms with Crippen molar-refractivity contribution in [3.63, 3.8) is 0 Å². The Morgan fingerprint density at radius 2 is 1.83 bits per heavy atom. The summed E-state index contributed by atoms with van der Waals surface area (Å²) in [6, 6.07) is -0.189. The first kappa shape index (κ1) is 19.5. The van der Waals surface area contributed by atoms with Crippen molar-refractivity contribution in [1.82, 2.24) is 5.32 Å². The van der Waals surface area contributed by atoms with Crippen LogP contribution in [0.25, 0.3) is 0 Å². The van der Waals surface area contributed by atoms with Crippen LogP contribution >= 0.6 is 0 Å². The second kappa shape index (κ2) is 8.89. The fourth-order valence-electron chi connectivity index (χ4n) is 3.72. The molecule has 4 atom stereocenters. The van der Waals surface area contributed by atoms with Gasteiger partial charge in [-0.25, -0.2) is 0 Å². The van der Waals surface area contributed by atoms with Crippen molar-refractivity contribution in [2.45, 2.75) is 58.9 Å². The van der Waals surface area contributed by atoms with E-state index in [9.17, 15) is 19.5 Å². The lowest BCUT2D eigenvalue weighted by Gasteiger charge is -2.30. The van der Waals surface area contributed by atoms with Gasteiger partial charge in [0, 0.05) is 13.0 Å². The van der Waals surface area contributed by atoms with Crippen LogP contribution in [0.2, 0.25) is 0 Å². The summed E-state index contributed by atoms with van der Waals surface area (Å²) in [5.74, 6) is -2.18. The number of nitrogens with one attached hydrogen (secondary N) is 1. The van der Waals surface area contributed by atoms with Gasteiger partial charge in [0.25, 0.3) is 0 Å². The predicted octanol–water partition coefficient (Wildman–Crippen LogP) is 2.22. The van der Waals surface area contributed by atoms with Crippen LogP contribution in [0.15, 0.2) is 0 Å². The molecule has 2 N–H and O–H groups in total. The zero-order chi connectivity index (χ0) is 17.6. The highest BCUT2D eigenvalue weighted by atomic mass is 16.5. The van der Waals surface area contributed by atoms with E-state index in [-0.39, 0.29) is 30.3 Å². The van der Waals surface area contributed by atoms with Crippen LogP contribution in [-0.2, 0) is 19.1 Å². The molecule has 0 radical (unpaired) electrons. The molecule has 0 spiro atoms. The molecular weight excluding hydrogens is 298 g/mol. The van der Waals surface area contributed by atoms with Crippen molar-refractivity contribution in [3.05, 3.63) is 0 Å². The number of carboxylic acid groups (broad SMARTS) is 1. The van der Waals surface area contributed by atoms with E-state index in [2.05, 4.69) is 19.2 Å². The molecule has 0 aromatic rings. The van der Waals surface area contributed by atoms with Gasteiger partial charge in [-0.15, -0.1) is 0 Å². The summed E-state index contributed by atoms with van der Waals surface area (Å²) in [6.07, 6.45) is 3.43.